The van der Waals surface area contributed by atoms with Gasteiger partial charge in [-0.15, -0.1) is 0 Å². The third-order valence-electron chi connectivity index (χ3n) is 5.51. The number of carbonyl (C=O) groups excluding carboxylic acids is 1. The number of hydrogen-bond donors (Lipinski definition) is 0. The van der Waals surface area contributed by atoms with Crippen LogP contribution in [0.2, 0.25) is 0 Å². The van der Waals surface area contributed by atoms with Gasteiger partial charge in [0.25, 0.3) is 0 Å². The number of aryl methyl sites for hydroxylation is 1. The Kier molecular flexibility index (Phi) is 4.38. The summed E-state index contributed by atoms with van der Waals surface area (Å²) in [6.45, 7) is 4.84. The van der Waals surface area contributed by atoms with E-state index < -0.39 is 0 Å². The Morgan fingerprint density at radius 2 is 2.12 bits per heavy atom. The molecule has 5 heteroatoms. The van der Waals surface area contributed by atoms with Crippen LogP contribution in [0.3, 0.4) is 0 Å². The Balaban J connectivity index is 1.46. The van der Waals surface area contributed by atoms with E-state index >= 15 is 0 Å². The van der Waals surface area contributed by atoms with Crippen LogP contribution in [-0.4, -0.2) is 46.5 Å². The molecule has 1 aromatic carbocycles. The first-order valence-corrected chi connectivity index (χ1v) is 9.06. The first-order chi connectivity index (χ1) is 12.2. The highest BCUT2D eigenvalue weighted by molar-refractivity contribution is 5.79. The molecule has 130 valence electrons. The standard InChI is InChI=1S/C20H24N4O/c1-15-3-2-4-16(11-15)12-20(25)24-10-7-17-6-9-23(13-18(17)24)19-5-8-21-14-22-19/h2-5,8,11,14,17-18H,6-7,9-10,12-13H2,1H3. The fraction of sp³-hybridized carbons (Fsp3) is 0.450. The molecule has 3 heterocycles. The normalized spacial score (nSPS) is 22.8. The number of amides is 1. The van der Waals surface area contributed by atoms with Gasteiger partial charge in [-0.25, -0.2) is 9.97 Å². The second kappa shape index (κ2) is 6.82. The Labute approximate surface area is 148 Å². The average molecular weight is 336 g/mol. The van der Waals surface area contributed by atoms with Crippen molar-refractivity contribution in [3.8, 4) is 0 Å². The van der Waals surface area contributed by atoms with Crippen LogP contribution in [0.1, 0.15) is 24.0 Å². The summed E-state index contributed by atoms with van der Waals surface area (Å²) in [5.74, 6) is 1.84. The van der Waals surface area contributed by atoms with Crippen LogP contribution in [0.4, 0.5) is 5.82 Å². The third kappa shape index (κ3) is 3.36. The molecule has 2 unspecified atom stereocenters. The second-order valence-electron chi connectivity index (χ2n) is 7.17. The van der Waals surface area contributed by atoms with Crippen molar-refractivity contribution in [2.45, 2.75) is 32.2 Å². The van der Waals surface area contributed by atoms with E-state index in [1.54, 1.807) is 12.5 Å². The van der Waals surface area contributed by atoms with E-state index in [1.165, 1.54) is 5.56 Å². The largest absolute Gasteiger partial charge is 0.354 e. The Morgan fingerprint density at radius 1 is 1.24 bits per heavy atom. The molecule has 0 N–H and O–H groups in total. The van der Waals surface area contributed by atoms with E-state index in [0.717, 1.165) is 43.9 Å². The average Bonchev–Trinajstić information content (AvgIpc) is 3.06. The summed E-state index contributed by atoms with van der Waals surface area (Å²) in [6.07, 6.45) is 6.13. The molecule has 2 aliphatic heterocycles. The second-order valence-corrected chi connectivity index (χ2v) is 7.17. The van der Waals surface area contributed by atoms with Gasteiger partial charge in [0.1, 0.15) is 12.1 Å². The number of anilines is 1. The van der Waals surface area contributed by atoms with Crippen LogP contribution in [0.25, 0.3) is 0 Å². The van der Waals surface area contributed by atoms with Crippen molar-refractivity contribution in [3.05, 3.63) is 54.0 Å². The number of hydrogen-bond acceptors (Lipinski definition) is 4. The maximum Gasteiger partial charge on any atom is 0.227 e. The van der Waals surface area contributed by atoms with Crippen molar-refractivity contribution < 1.29 is 4.79 Å². The molecule has 4 rings (SSSR count). The smallest absolute Gasteiger partial charge is 0.227 e. The maximum absolute atomic E-state index is 12.9. The highest BCUT2D eigenvalue weighted by Crippen LogP contribution is 2.33. The van der Waals surface area contributed by atoms with Gasteiger partial charge in [-0.2, -0.15) is 0 Å². The number of piperidine rings is 1. The molecule has 2 aromatic rings. The van der Waals surface area contributed by atoms with E-state index in [4.69, 9.17) is 0 Å². The number of fused-ring (bicyclic) bond motifs is 1. The lowest BCUT2D eigenvalue weighted by atomic mass is 9.92. The molecule has 2 fully saturated rings. The quantitative estimate of drug-likeness (QED) is 0.864. The van der Waals surface area contributed by atoms with E-state index in [-0.39, 0.29) is 5.91 Å². The maximum atomic E-state index is 12.9. The van der Waals surface area contributed by atoms with Gasteiger partial charge in [0.2, 0.25) is 5.91 Å². The highest BCUT2D eigenvalue weighted by atomic mass is 16.2. The van der Waals surface area contributed by atoms with Crippen molar-refractivity contribution in [2.75, 3.05) is 24.5 Å². The van der Waals surface area contributed by atoms with Crippen molar-refractivity contribution in [1.82, 2.24) is 14.9 Å². The molecule has 0 aliphatic carbocycles. The predicted molar refractivity (Wildman–Crippen MR) is 97.4 cm³/mol. The number of rotatable bonds is 3. The molecule has 2 saturated heterocycles. The van der Waals surface area contributed by atoms with Crippen molar-refractivity contribution in [2.24, 2.45) is 5.92 Å². The van der Waals surface area contributed by atoms with Crippen molar-refractivity contribution >= 4 is 11.7 Å². The number of likely N-dealkylation sites (tertiary alicyclic amines) is 1. The first kappa shape index (κ1) is 16.1. The molecule has 2 aliphatic rings. The molecule has 0 spiro atoms. The zero-order valence-electron chi connectivity index (χ0n) is 14.6. The van der Waals surface area contributed by atoms with Crippen LogP contribution in [0, 0.1) is 12.8 Å². The molecule has 2 atom stereocenters. The van der Waals surface area contributed by atoms with E-state index in [2.05, 4.69) is 38.8 Å². The summed E-state index contributed by atoms with van der Waals surface area (Å²) in [5.41, 5.74) is 2.31. The SMILES string of the molecule is Cc1cccc(CC(=O)N2CCC3CCN(c4ccncn4)CC32)c1. The summed E-state index contributed by atoms with van der Waals surface area (Å²) in [7, 11) is 0. The van der Waals surface area contributed by atoms with Crippen LogP contribution in [-0.2, 0) is 11.2 Å². The molecule has 25 heavy (non-hydrogen) atoms. The fourth-order valence-electron chi connectivity index (χ4n) is 4.23. The van der Waals surface area contributed by atoms with Gasteiger partial charge < -0.3 is 9.80 Å². The van der Waals surface area contributed by atoms with Gasteiger partial charge >= 0.3 is 0 Å². The van der Waals surface area contributed by atoms with Gasteiger partial charge in [0.05, 0.1) is 12.5 Å². The summed E-state index contributed by atoms with van der Waals surface area (Å²) in [4.78, 5) is 25.7. The van der Waals surface area contributed by atoms with Gasteiger partial charge in [-0.1, -0.05) is 29.8 Å². The third-order valence-corrected chi connectivity index (χ3v) is 5.51. The molecular formula is C20H24N4O. The minimum Gasteiger partial charge on any atom is -0.354 e. The zero-order valence-corrected chi connectivity index (χ0v) is 14.6. The number of nitrogens with zero attached hydrogens (tertiary/aromatic N) is 4. The molecular weight excluding hydrogens is 312 g/mol. The Morgan fingerprint density at radius 3 is 2.92 bits per heavy atom. The van der Waals surface area contributed by atoms with Crippen molar-refractivity contribution in [1.29, 1.82) is 0 Å². The van der Waals surface area contributed by atoms with Crippen LogP contribution in [0.5, 0.6) is 0 Å². The molecule has 0 bridgehead atoms. The van der Waals surface area contributed by atoms with Gasteiger partial charge in [-0.05, 0) is 37.3 Å². The van der Waals surface area contributed by atoms with E-state index in [1.807, 2.05) is 18.2 Å². The first-order valence-electron chi connectivity index (χ1n) is 9.06. The molecule has 0 saturated carbocycles. The number of benzene rings is 1. The van der Waals surface area contributed by atoms with Gasteiger partial charge in [0.15, 0.2) is 0 Å². The summed E-state index contributed by atoms with van der Waals surface area (Å²) < 4.78 is 0. The lowest BCUT2D eigenvalue weighted by Gasteiger charge is -2.39. The highest BCUT2D eigenvalue weighted by Gasteiger charge is 2.40. The Bertz CT molecular complexity index is 748. The van der Waals surface area contributed by atoms with Gasteiger partial charge in [-0.3, -0.25) is 4.79 Å². The summed E-state index contributed by atoms with van der Waals surface area (Å²) in [6, 6.07) is 10.5. The van der Waals surface area contributed by atoms with Crippen LogP contribution >= 0.6 is 0 Å². The number of carbonyl (C=O) groups is 1. The summed E-state index contributed by atoms with van der Waals surface area (Å²) >= 11 is 0. The van der Waals surface area contributed by atoms with Crippen LogP contribution < -0.4 is 4.90 Å². The van der Waals surface area contributed by atoms with Crippen LogP contribution in [0.15, 0.2) is 42.9 Å². The topological polar surface area (TPSA) is 49.3 Å². The Hall–Kier alpha value is -2.43. The monoisotopic (exact) mass is 336 g/mol. The van der Waals surface area contributed by atoms with E-state index in [0.29, 0.717) is 18.4 Å². The fourth-order valence-corrected chi connectivity index (χ4v) is 4.23. The van der Waals surface area contributed by atoms with Gasteiger partial charge in [0, 0.05) is 25.8 Å². The predicted octanol–water partition coefficient (Wildman–Crippen LogP) is 2.45. The number of aromatic nitrogens is 2. The lowest BCUT2D eigenvalue weighted by molar-refractivity contribution is -0.131. The minimum atomic E-state index is 0.252. The molecule has 1 aromatic heterocycles. The van der Waals surface area contributed by atoms with Crippen molar-refractivity contribution in [3.63, 3.8) is 0 Å². The molecule has 5 nitrogen and oxygen atoms in total. The zero-order chi connectivity index (χ0) is 17.2. The minimum absolute atomic E-state index is 0.252. The molecule has 1 amide bonds. The van der Waals surface area contributed by atoms with E-state index in [9.17, 15) is 4.79 Å². The summed E-state index contributed by atoms with van der Waals surface area (Å²) in [5, 5.41) is 0. The molecule has 0 radical (unpaired) electrons. The lowest BCUT2D eigenvalue weighted by Crippen LogP contribution is -2.50.